The highest BCUT2D eigenvalue weighted by Crippen LogP contribution is 2.22. The zero-order chi connectivity index (χ0) is 12.8. The van der Waals surface area contributed by atoms with Gasteiger partial charge in [-0.1, -0.05) is 0 Å². The lowest BCUT2D eigenvalue weighted by atomic mass is 10.1. The molecular weight excluding hydrogens is 250 g/mol. The highest BCUT2D eigenvalue weighted by Gasteiger charge is 2.14. The van der Waals surface area contributed by atoms with Crippen LogP contribution in [0, 0.1) is 0 Å². The van der Waals surface area contributed by atoms with Crippen LogP contribution in [-0.2, 0) is 4.74 Å². The topological polar surface area (TPSA) is 59.4 Å². The molecule has 1 fully saturated rings. The van der Waals surface area contributed by atoms with E-state index in [1.165, 1.54) is 12.8 Å². The third kappa shape index (κ3) is 3.99. The van der Waals surface area contributed by atoms with Crippen LogP contribution >= 0.6 is 11.8 Å². The summed E-state index contributed by atoms with van der Waals surface area (Å²) in [4.78, 5) is 15.5. The number of carboxylic acids is 1. The first-order valence-corrected chi connectivity index (χ1v) is 7.18. The quantitative estimate of drug-likeness (QED) is 0.634. The Bertz CT molecular complexity index is 405. The highest BCUT2D eigenvalue weighted by atomic mass is 32.2. The molecule has 0 spiro atoms. The molecule has 1 aliphatic heterocycles. The van der Waals surface area contributed by atoms with Crippen molar-refractivity contribution in [1.82, 2.24) is 4.98 Å². The minimum Gasteiger partial charge on any atom is -0.477 e. The molecule has 18 heavy (non-hydrogen) atoms. The lowest BCUT2D eigenvalue weighted by molar-refractivity contribution is 0.0690. The van der Waals surface area contributed by atoms with Crippen molar-refractivity contribution in [3.63, 3.8) is 0 Å². The van der Waals surface area contributed by atoms with Crippen molar-refractivity contribution in [2.75, 3.05) is 12.4 Å². The summed E-state index contributed by atoms with van der Waals surface area (Å²) in [5, 5.41) is 8.84. The van der Waals surface area contributed by atoms with Gasteiger partial charge in [0, 0.05) is 17.7 Å². The number of hydrogen-bond acceptors (Lipinski definition) is 4. The summed E-state index contributed by atoms with van der Waals surface area (Å²) in [6.07, 6.45) is 6.56. The van der Waals surface area contributed by atoms with Crippen LogP contribution in [0.2, 0.25) is 0 Å². The van der Waals surface area contributed by atoms with Gasteiger partial charge in [-0.2, -0.15) is 0 Å². The molecular formula is C13H17NO3S. The average Bonchev–Trinajstić information content (AvgIpc) is 2.88. The van der Waals surface area contributed by atoms with E-state index in [4.69, 9.17) is 9.84 Å². The van der Waals surface area contributed by atoms with Gasteiger partial charge >= 0.3 is 5.97 Å². The molecule has 2 rings (SSSR count). The molecule has 1 aliphatic rings. The molecule has 1 N–H and O–H groups in total. The Morgan fingerprint density at radius 3 is 3.22 bits per heavy atom. The molecule has 1 saturated heterocycles. The van der Waals surface area contributed by atoms with Crippen molar-refractivity contribution in [2.45, 2.75) is 36.7 Å². The second-order valence-electron chi connectivity index (χ2n) is 4.31. The maximum absolute atomic E-state index is 10.8. The minimum absolute atomic E-state index is 0.110. The molecule has 0 saturated carbocycles. The SMILES string of the molecule is O=C(O)c1cc(SCCCC2CCCO2)ccn1. The number of carbonyl (C=O) groups is 1. The summed E-state index contributed by atoms with van der Waals surface area (Å²) >= 11 is 1.68. The molecule has 0 bridgehead atoms. The smallest absolute Gasteiger partial charge is 0.354 e. The Balaban J connectivity index is 1.72. The molecule has 0 radical (unpaired) electrons. The predicted octanol–water partition coefficient (Wildman–Crippen LogP) is 2.83. The fourth-order valence-corrected chi connectivity index (χ4v) is 2.89. The van der Waals surface area contributed by atoms with E-state index in [1.807, 2.05) is 6.07 Å². The zero-order valence-corrected chi connectivity index (χ0v) is 11.0. The Hall–Kier alpha value is -1.07. The minimum atomic E-state index is -0.975. The van der Waals surface area contributed by atoms with Crippen molar-refractivity contribution >= 4 is 17.7 Å². The van der Waals surface area contributed by atoms with Crippen LogP contribution in [0.4, 0.5) is 0 Å². The van der Waals surface area contributed by atoms with E-state index in [0.717, 1.165) is 30.1 Å². The Kier molecular flexibility index (Phi) is 5.01. The van der Waals surface area contributed by atoms with Crippen LogP contribution in [0.15, 0.2) is 23.2 Å². The second-order valence-corrected chi connectivity index (χ2v) is 5.48. The van der Waals surface area contributed by atoms with Crippen LogP contribution in [0.3, 0.4) is 0 Å². The van der Waals surface area contributed by atoms with E-state index < -0.39 is 5.97 Å². The van der Waals surface area contributed by atoms with Gasteiger partial charge in [0.05, 0.1) is 6.10 Å². The van der Waals surface area contributed by atoms with Gasteiger partial charge in [0.1, 0.15) is 5.69 Å². The van der Waals surface area contributed by atoms with Gasteiger partial charge in [0.2, 0.25) is 0 Å². The number of hydrogen-bond donors (Lipinski definition) is 1. The second kappa shape index (κ2) is 6.75. The fourth-order valence-electron chi connectivity index (χ4n) is 1.99. The zero-order valence-electron chi connectivity index (χ0n) is 10.2. The number of aromatic nitrogens is 1. The molecule has 0 aromatic carbocycles. The summed E-state index contributed by atoms with van der Waals surface area (Å²) in [7, 11) is 0. The first-order chi connectivity index (χ1) is 8.75. The van der Waals surface area contributed by atoms with E-state index in [9.17, 15) is 4.79 Å². The number of pyridine rings is 1. The average molecular weight is 267 g/mol. The maximum Gasteiger partial charge on any atom is 0.354 e. The van der Waals surface area contributed by atoms with E-state index in [2.05, 4.69) is 4.98 Å². The summed E-state index contributed by atoms with van der Waals surface area (Å²) in [5.41, 5.74) is 0.110. The Morgan fingerprint density at radius 2 is 2.50 bits per heavy atom. The molecule has 2 heterocycles. The van der Waals surface area contributed by atoms with Gasteiger partial charge in [-0.15, -0.1) is 11.8 Å². The van der Waals surface area contributed by atoms with E-state index in [-0.39, 0.29) is 5.69 Å². The normalized spacial score (nSPS) is 19.0. The monoisotopic (exact) mass is 267 g/mol. The van der Waals surface area contributed by atoms with Crippen molar-refractivity contribution in [1.29, 1.82) is 0 Å². The third-order valence-corrected chi connectivity index (χ3v) is 3.99. The number of rotatable bonds is 6. The van der Waals surface area contributed by atoms with Gasteiger partial charge in [-0.3, -0.25) is 0 Å². The van der Waals surface area contributed by atoms with Gasteiger partial charge < -0.3 is 9.84 Å². The summed E-state index contributed by atoms with van der Waals surface area (Å²) in [6, 6.07) is 3.47. The molecule has 1 atom stereocenters. The summed E-state index contributed by atoms with van der Waals surface area (Å²) < 4.78 is 5.56. The van der Waals surface area contributed by atoms with Crippen LogP contribution in [0.25, 0.3) is 0 Å². The first kappa shape index (κ1) is 13.4. The molecule has 5 heteroatoms. The molecule has 1 aromatic rings. The molecule has 1 unspecified atom stereocenters. The summed E-state index contributed by atoms with van der Waals surface area (Å²) in [5.74, 6) is 0.0138. The van der Waals surface area contributed by atoms with Crippen LogP contribution in [0.1, 0.15) is 36.2 Å². The maximum atomic E-state index is 10.8. The Morgan fingerprint density at radius 1 is 1.61 bits per heavy atom. The molecule has 4 nitrogen and oxygen atoms in total. The van der Waals surface area contributed by atoms with Crippen molar-refractivity contribution in [3.05, 3.63) is 24.0 Å². The number of thioether (sulfide) groups is 1. The van der Waals surface area contributed by atoms with Crippen molar-refractivity contribution in [3.8, 4) is 0 Å². The van der Waals surface area contributed by atoms with Gasteiger partial charge in [-0.25, -0.2) is 9.78 Å². The standard InChI is InChI=1S/C13H17NO3S/c15-13(16)12-9-11(5-6-14-12)18-8-2-4-10-3-1-7-17-10/h5-6,9-10H,1-4,7-8H2,(H,15,16). The number of nitrogens with zero attached hydrogens (tertiary/aromatic N) is 1. The van der Waals surface area contributed by atoms with Crippen molar-refractivity contribution in [2.24, 2.45) is 0 Å². The lowest BCUT2D eigenvalue weighted by Crippen LogP contribution is -2.04. The fraction of sp³-hybridized carbons (Fsp3) is 0.538. The number of carboxylic acid groups (broad SMARTS) is 1. The van der Waals surface area contributed by atoms with Gasteiger partial charge in [0.25, 0.3) is 0 Å². The first-order valence-electron chi connectivity index (χ1n) is 6.19. The third-order valence-electron chi connectivity index (χ3n) is 2.91. The van der Waals surface area contributed by atoms with Crippen molar-refractivity contribution < 1.29 is 14.6 Å². The summed E-state index contributed by atoms with van der Waals surface area (Å²) in [6.45, 7) is 0.907. The van der Waals surface area contributed by atoms with Gasteiger partial charge in [0.15, 0.2) is 0 Å². The van der Waals surface area contributed by atoms with E-state index in [1.54, 1.807) is 24.0 Å². The van der Waals surface area contributed by atoms with Crippen LogP contribution in [-0.4, -0.2) is 34.5 Å². The predicted molar refractivity (Wildman–Crippen MR) is 70.1 cm³/mol. The molecule has 0 aliphatic carbocycles. The van der Waals surface area contributed by atoms with Crippen LogP contribution in [0.5, 0.6) is 0 Å². The number of ether oxygens (including phenoxy) is 1. The van der Waals surface area contributed by atoms with Gasteiger partial charge in [-0.05, 0) is 43.6 Å². The lowest BCUT2D eigenvalue weighted by Gasteiger charge is -2.08. The van der Waals surface area contributed by atoms with E-state index >= 15 is 0 Å². The Labute approximate surface area is 111 Å². The molecule has 1 aromatic heterocycles. The van der Waals surface area contributed by atoms with E-state index in [0.29, 0.717) is 6.10 Å². The largest absolute Gasteiger partial charge is 0.477 e. The van der Waals surface area contributed by atoms with Crippen LogP contribution < -0.4 is 0 Å². The number of aromatic carboxylic acids is 1. The molecule has 0 amide bonds. The molecule has 98 valence electrons. The highest BCUT2D eigenvalue weighted by molar-refractivity contribution is 7.99.